The van der Waals surface area contributed by atoms with E-state index in [0.717, 1.165) is 43.3 Å². The molecule has 1 aromatic heterocycles. The van der Waals surface area contributed by atoms with Crippen molar-refractivity contribution >= 4 is 34.9 Å². The van der Waals surface area contributed by atoms with E-state index >= 15 is 0 Å². The van der Waals surface area contributed by atoms with Gasteiger partial charge in [-0.3, -0.25) is 15.0 Å². The smallest absolute Gasteiger partial charge is 0.318 e. The van der Waals surface area contributed by atoms with Crippen molar-refractivity contribution < 1.29 is 9.59 Å². The first-order valence-electron chi connectivity index (χ1n) is 8.89. The molecule has 1 aromatic carbocycles. The van der Waals surface area contributed by atoms with Crippen LogP contribution in [-0.2, 0) is 11.3 Å². The molecular formula is C19H23ClN4O2S. The highest BCUT2D eigenvalue weighted by atomic mass is 35.5. The molecule has 3 amide bonds. The number of nitrogens with one attached hydrogen (secondary N) is 1. The molecule has 1 saturated heterocycles. The molecule has 0 bridgehead atoms. The number of piperazine rings is 1. The van der Waals surface area contributed by atoms with Gasteiger partial charge in [0.05, 0.1) is 0 Å². The van der Waals surface area contributed by atoms with Crippen molar-refractivity contribution in [3.8, 4) is 10.4 Å². The first kappa shape index (κ1) is 19.8. The topological polar surface area (TPSA) is 78.7 Å². The van der Waals surface area contributed by atoms with Crippen molar-refractivity contribution in [2.24, 2.45) is 5.73 Å². The van der Waals surface area contributed by atoms with Crippen molar-refractivity contribution in [2.75, 3.05) is 32.7 Å². The fourth-order valence-electron chi connectivity index (χ4n) is 3.12. The Kier molecular flexibility index (Phi) is 6.84. The number of carbonyl (C=O) groups is 2. The van der Waals surface area contributed by atoms with Crippen molar-refractivity contribution in [2.45, 2.75) is 13.0 Å². The summed E-state index contributed by atoms with van der Waals surface area (Å²) in [6.07, 6.45) is 0.287. The fourth-order valence-corrected chi connectivity index (χ4v) is 4.50. The highest BCUT2D eigenvalue weighted by molar-refractivity contribution is 7.15. The molecule has 6 nitrogen and oxygen atoms in total. The summed E-state index contributed by atoms with van der Waals surface area (Å²) < 4.78 is 0. The number of amides is 3. The summed E-state index contributed by atoms with van der Waals surface area (Å²) in [5.41, 5.74) is 6.02. The lowest BCUT2D eigenvalue weighted by Crippen LogP contribution is -2.47. The number of nitrogens with two attached hydrogens (primary N) is 1. The Labute approximate surface area is 167 Å². The van der Waals surface area contributed by atoms with Crippen LogP contribution in [0.1, 0.15) is 11.3 Å². The van der Waals surface area contributed by atoms with Crippen LogP contribution in [0.5, 0.6) is 0 Å². The predicted octanol–water partition coefficient (Wildman–Crippen LogP) is 2.77. The van der Waals surface area contributed by atoms with Gasteiger partial charge in [-0.15, -0.1) is 11.3 Å². The molecule has 2 aromatic rings. The van der Waals surface area contributed by atoms with Gasteiger partial charge in [0.25, 0.3) is 0 Å². The molecule has 0 aliphatic carbocycles. The Bertz CT molecular complexity index is 803. The Balaban J connectivity index is 1.45. The lowest BCUT2D eigenvalue weighted by atomic mass is 10.2. The SMILES string of the molecule is NC(=O)NC(=O)CCN1CCN(Cc2ccc(-c3ccccc3Cl)s2)CC1. The predicted molar refractivity (Wildman–Crippen MR) is 109 cm³/mol. The van der Waals surface area contributed by atoms with Gasteiger partial charge in [-0.25, -0.2) is 4.79 Å². The number of hydrogen-bond acceptors (Lipinski definition) is 5. The second-order valence-corrected chi connectivity index (χ2v) is 8.10. The maximum atomic E-state index is 11.5. The van der Waals surface area contributed by atoms with Gasteiger partial charge in [0.15, 0.2) is 0 Å². The number of nitrogens with zero attached hydrogens (tertiary/aromatic N) is 2. The summed E-state index contributed by atoms with van der Waals surface area (Å²) >= 11 is 8.07. The lowest BCUT2D eigenvalue weighted by Gasteiger charge is -2.34. The minimum absolute atomic E-state index is 0.287. The van der Waals surface area contributed by atoms with E-state index in [1.165, 1.54) is 9.75 Å². The van der Waals surface area contributed by atoms with Gasteiger partial charge in [0.2, 0.25) is 5.91 Å². The third-order valence-electron chi connectivity index (χ3n) is 4.56. The number of rotatable bonds is 6. The van der Waals surface area contributed by atoms with Crippen LogP contribution in [0.15, 0.2) is 36.4 Å². The van der Waals surface area contributed by atoms with E-state index < -0.39 is 6.03 Å². The maximum absolute atomic E-state index is 11.5. The van der Waals surface area contributed by atoms with Gasteiger partial charge in [-0.2, -0.15) is 0 Å². The minimum Gasteiger partial charge on any atom is -0.351 e. The van der Waals surface area contributed by atoms with Crippen LogP contribution in [0.25, 0.3) is 10.4 Å². The average molecular weight is 407 g/mol. The second-order valence-electron chi connectivity index (χ2n) is 6.53. The summed E-state index contributed by atoms with van der Waals surface area (Å²) in [6, 6.07) is 11.4. The number of primary amides is 1. The summed E-state index contributed by atoms with van der Waals surface area (Å²) in [4.78, 5) is 29.3. The van der Waals surface area contributed by atoms with Crippen LogP contribution >= 0.6 is 22.9 Å². The van der Waals surface area contributed by atoms with E-state index in [1.54, 1.807) is 11.3 Å². The number of thiophene rings is 1. The van der Waals surface area contributed by atoms with E-state index in [9.17, 15) is 9.59 Å². The molecule has 0 radical (unpaired) electrons. The average Bonchev–Trinajstić information content (AvgIpc) is 3.09. The maximum Gasteiger partial charge on any atom is 0.318 e. The van der Waals surface area contributed by atoms with Crippen molar-refractivity contribution in [3.05, 3.63) is 46.3 Å². The Morgan fingerprint density at radius 2 is 1.78 bits per heavy atom. The molecular weight excluding hydrogens is 384 g/mol. The third kappa shape index (κ3) is 5.77. The van der Waals surface area contributed by atoms with Crippen LogP contribution in [0, 0.1) is 0 Å². The highest BCUT2D eigenvalue weighted by Crippen LogP contribution is 2.33. The second kappa shape index (κ2) is 9.32. The molecule has 0 atom stereocenters. The largest absolute Gasteiger partial charge is 0.351 e. The third-order valence-corrected chi connectivity index (χ3v) is 6.00. The zero-order valence-corrected chi connectivity index (χ0v) is 16.6. The molecule has 1 aliphatic heterocycles. The number of carbonyl (C=O) groups excluding carboxylic acids is 2. The quantitative estimate of drug-likeness (QED) is 0.773. The van der Waals surface area contributed by atoms with Gasteiger partial charge in [0.1, 0.15) is 0 Å². The number of urea groups is 1. The molecule has 27 heavy (non-hydrogen) atoms. The number of halogens is 1. The molecule has 3 N–H and O–H groups in total. The zero-order valence-electron chi connectivity index (χ0n) is 15.0. The summed E-state index contributed by atoms with van der Waals surface area (Å²) in [6.45, 7) is 5.29. The summed E-state index contributed by atoms with van der Waals surface area (Å²) in [5.74, 6) is -0.324. The number of hydrogen-bond donors (Lipinski definition) is 2. The van der Waals surface area contributed by atoms with Crippen LogP contribution in [0.2, 0.25) is 5.02 Å². The van der Waals surface area contributed by atoms with E-state index in [4.69, 9.17) is 17.3 Å². The van der Waals surface area contributed by atoms with Crippen LogP contribution in [-0.4, -0.2) is 54.5 Å². The van der Waals surface area contributed by atoms with Crippen molar-refractivity contribution in [1.82, 2.24) is 15.1 Å². The van der Waals surface area contributed by atoms with Gasteiger partial charge < -0.3 is 10.6 Å². The fraction of sp³-hybridized carbons (Fsp3) is 0.368. The van der Waals surface area contributed by atoms with Crippen LogP contribution in [0.4, 0.5) is 4.79 Å². The summed E-state index contributed by atoms with van der Waals surface area (Å²) in [5, 5.41) is 2.88. The molecule has 0 unspecified atom stereocenters. The van der Waals surface area contributed by atoms with Gasteiger partial charge in [0, 0.05) is 66.0 Å². The van der Waals surface area contributed by atoms with E-state index in [0.29, 0.717) is 6.54 Å². The number of imide groups is 1. The standard InChI is InChI=1S/C19H23ClN4O2S/c20-16-4-2-1-3-15(16)17-6-5-14(27-17)13-24-11-9-23(10-12-24)8-7-18(25)22-19(21)26/h1-6H,7-13H2,(H3,21,22,25,26). The van der Waals surface area contributed by atoms with Gasteiger partial charge in [-0.05, 0) is 18.2 Å². The van der Waals surface area contributed by atoms with E-state index in [2.05, 4.69) is 27.2 Å². The first-order chi connectivity index (χ1) is 13.0. The van der Waals surface area contributed by atoms with E-state index in [-0.39, 0.29) is 12.3 Å². The normalized spacial score (nSPS) is 15.6. The van der Waals surface area contributed by atoms with Crippen molar-refractivity contribution in [3.63, 3.8) is 0 Å². The van der Waals surface area contributed by atoms with Gasteiger partial charge in [-0.1, -0.05) is 29.8 Å². The molecule has 1 aliphatic rings. The first-order valence-corrected chi connectivity index (χ1v) is 10.1. The molecule has 144 valence electrons. The zero-order chi connectivity index (χ0) is 19.2. The van der Waals surface area contributed by atoms with E-state index in [1.807, 2.05) is 24.3 Å². The minimum atomic E-state index is -0.795. The van der Waals surface area contributed by atoms with Crippen molar-refractivity contribution in [1.29, 1.82) is 0 Å². The molecule has 0 spiro atoms. The summed E-state index contributed by atoms with van der Waals surface area (Å²) in [7, 11) is 0. The number of benzene rings is 1. The lowest BCUT2D eigenvalue weighted by molar-refractivity contribution is -0.120. The Hall–Kier alpha value is -1.93. The Morgan fingerprint density at radius 1 is 1.07 bits per heavy atom. The molecule has 2 heterocycles. The highest BCUT2D eigenvalue weighted by Gasteiger charge is 2.18. The monoisotopic (exact) mass is 406 g/mol. The van der Waals surface area contributed by atoms with Crippen LogP contribution < -0.4 is 11.1 Å². The van der Waals surface area contributed by atoms with Gasteiger partial charge >= 0.3 is 6.03 Å². The van der Waals surface area contributed by atoms with Crippen LogP contribution in [0.3, 0.4) is 0 Å². The molecule has 1 fully saturated rings. The Morgan fingerprint density at radius 3 is 2.48 bits per heavy atom. The molecule has 0 saturated carbocycles. The molecule has 3 rings (SSSR count). The molecule has 8 heteroatoms.